The molecule has 0 radical (unpaired) electrons. The molecule has 2 heteroatoms. The average Bonchev–Trinajstić information content (AvgIpc) is 2.19. The van der Waals surface area contributed by atoms with Gasteiger partial charge in [-0.05, 0) is 39.7 Å². The molecule has 1 N–H and O–H groups in total. The number of hydrogen-bond donors (Lipinski definition) is 1. The fraction of sp³-hybridized carbons (Fsp3) is 1.00. The minimum Gasteiger partial charge on any atom is -0.396 e. The van der Waals surface area contributed by atoms with Gasteiger partial charge in [-0.2, -0.15) is 0 Å². The second-order valence-corrected chi connectivity index (χ2v) is 4.37. The third kappa shape index (κ3) is 3.25. The Bertz CT molecular complexity index is 149. The molecule has 86 valence electrons. The van der Waals surface area contributed by atoms with Gasteiger partial charge in [-0.15, -0.1) is 0 Å². The molecular weight excluding hydrogens is 174 g/mol. The van der Waals surface area contributed by atoms with E-state index in [1.165, 1.54) is 6.42 Å². The summed E-state index contributed by atoms with van der Waals surface area (Å²) in [5.74, 6) is 0. The summed E-state index contributed by atoms with van der Waals surface area (Å²) < 4.78 is 0. The van der Waals surface area contributed by atoms with Crippen molar-refractivity contribution in [2.75, 3.05) is 13.2 Å². The smallest absolute Gasteiger partial charge is 0.0448 e. The maximum absolute atomic E-state index is 9.11. The number of aliphatic hydroxyl groups is 1. The molecule has 0 aromatic rings. The Morgan fingerprint density at radius 3 is 2.14 bits per heavy atom. The lowest BCUT2D eigenvalue weighted by Crippen LogP contribution is -2.50. The molecule has 14 heavy (non-hydrogen) atoms. The molecule has 0 rings (SSSR count). The first-order valence-corrected chi connectivity index (χ1v) is 5.93. The molecule has 0 aromatic carbocycles. The molecule has 2 atom stereocenters. The molecule has 0 fully saturated rings. The van der Waals surface area contributed by atoms with Gasteiger partial charge in [0.05, 0.1) is 0 Å². The van der Waals surface area contributed by atoms with Crippen molar-refractivity contribution in [3.05, 3.63) is 0 Å². The molecule has 0 amide bonds. The Labute approximate surface area is 89.3 Å². The van der Waals surface area contributed by atoms with Crippen LogP contribution in [0.25, 0.3) is 0 Å². The summed E-state index contributed by atoms with van der Waals surface area (Å²) in [4.78, 5) is 2.52. The van der Waals surface area contributed by atoms with E-state index in [2.05, 4.69) is 39.5 Å². The van der Waals surface area contributed by atoms with Crippen molar-refractivity contribution in [3.8, 4) is 0 Å². The first-order valence-electron chi connectivity index (χ1n) is 5.93. The molecule has 2 unspecified atom stereocenters. The lowest BCUT2D eigenvalue weighted by molar-refractivity contribution is 0.0410. The van der Waals surface area contributed by atoms with Crippen molar-refractivity contribution < 1.29 is 5.11 Å². The van der Waals surface area contributed by atoms with Crippen molar-refractivity contribution in [3.63, 3.8) is 0 Å². The quantitative estimate of drug-likeness (QED) is 0.684. The van der Waals surface area contributed by atoms with E-state index in [0.29, 0.717) is 6.04 Å². The van der Waals surface area contributed by atoms with E-state index < -0.39 is 0 Å². The summed E-state index contributed by atoms with van der Waals surface area (Å²) in [6, 6.07) is 0.608. The lowest BCUT2D eigenvalue weighted by atomic mass is 9.90. The molecular formula is C12H27NO. The van der Waals surface area contributed by atoms with Gasteiger partial charge in [-0.25, -0.2) is 0 Å². The van der Waals surface area contributed by atoms with Gasteiger partial charge in [0.25, 0.3) is 0 Å². The van der Waals surface area contributed by atoms with E-state index in [1.807, 2.05) is 0 Å². The Hall–Kier alpha value is -0.0800. The summed E-state index contributed by atoms with van der Waals surface area (Å²) in [7, 11) is 0. The number of hydrogen-bond acceptors (Lipinski definition) is 2. The standard InChI is InChI=1S/C12H27NO/c1-6-11(4)13(8-3)12(5,7-2)9-10-14/h11,14H,6-10H2,1-5H3. The van der Waals surface area contributed by atoms with Crippen molar-refractivity contribution in [2.45, 2.75) is 65.5 Å². The highest BCUT2D eigenvalue weighted by molar-refractivity contribution is 4.86. The highest BCUT2D eigenvalue weighted by Gasteiger charge is 2.30. The van der Waals surface area contributed by atoms with E-state index >= 15 is 0 Å². The third-order valence-corrected chi connectivity index (χ3v) is 3.57. The first-order chi connectivity index (χ1) is 6.55. The van der Waals surface area contributed by atoms with Crippen LogP contribution in [0.4, 0.5) is 0 Å². The monoisotopic (exact) mass is 201 g/mol. The third-order valence-electron chi connectivity index (χ3n) is 3.57. The number of nitrogens with zero attached hydrogens (tertiary/aromatic N) is 1. The van der Waals surface area contributed by atoms with Crippen LogP contribution in [0.1, 0.15) is 53.9 Å². The van der Waals surface area contributed by atoms with Gasteiger partial charge in [-0.3, -0.25) is 4.90 Å². The van der Waals surface area contributed by atoms with Gasteiger partial charge in [0.1, 0.15) is 0 Å². The van der Waals surface area contributed by atoms with Crippen molar-refractivity contribution >= 4 is 0 Å². The summed E-state index contributed by atoms with van der Waals surface area (Å²) in [6.07, 6.45) is 3.16. The molecule has 0 aliphatic rings. The van der Waals surface area contributed by atoms with E-state index in [0.717, 1.165) is 19.4 Å². The molecule has 2 nitrogen and oxygen atoms in total. The Balaban J connectivity index is 4.57. The van der Waals surface area contributed by atoms with Crippen LogP contribution in [0.15, 0.2) is 0 Å². The fourth-order valence-electron chi connectivity index (χ4n) is 2.21. The minimum atomic E-state index is 0.166. The maximum atomic E-state index is 9.11. The Morgan fingerprint density at radius 2 is 1.86 bits per heavy atom. The molecule has 0 aliphatic carbocycles. The van der Waals surface area contributed by atoms with Crippen LogP contribution in [0.2, 0.25) is 0 Å². The van der Waals surface area contributed by atoms with Gasteiger partial charge in [0.15, 0.2) is 0 Å². The second kappa shape index (κ2) is 6.41. The van der Waals surface area contributed by atoms with Crippen LogP contribution >= 0.6 is 0 Å². The zero-order chi connectivity index (χ0) is 11.2. The van der Waals surface area contributed by atoms with Crippen LogP contribution in [0, 0.1) is 0 Å². The van der Waals surface area contributed by atoms with Gasteiger partial charge in [0.2, 0.25) is 0 Å². The van der Waals surface area contributed by atoms with Crippen molar-refractivity contribution in [1.29, 1.82) is 0 Å². The second-order valence-electron chi connectivity index (χ2n) is 4.37. The van der Waals surface area contributed by atoms with Gasteiger partial charge in [-0.1, -0.05) is 20.8 Å². The predicted octanol–water partition coefficient (Wildman–Crippen LogP) is 2.66. The predicted molar refractivity (Wildman–Crippen MR) is 62.5 cm³/mol. The number of rotatable bonds is 7. The summed E-state index contributed by atoms with van der Waals surface area (Å²) in [5, 5.41) is 9.11. The SMILES string of the molecule is CCC(C)N(CC)C(C)(CC)CCO. The lowest BCUT2D eigenvalue weighted by Gasteiger charge is -2.44. The summed E-state index contributed by atoms with van der Waals surface area (Å²) in [6.45, 7) is 12.5. The highest BCUT2D eigenvalue weighted by Crippen LogP contribution is 2.26. The molecule has 0 saturated heterocycles. The van der Waals surface area contributed by atoms with Crippen LogP contribution in [0.3, 0.4) is 0 Å². The zero-order valence-electron chi connectivity index (χ0n) is 10.5. The first kappa shape index (κ1) is 13.9. The highest BCUT2D eigenvalue weighted by atomic mass is 16.3. The normalized spacial score (nSPS) is 18.2. The molecule has 0 aromatic heterocycles. The van der Waals surface area contributed by atoms with Gasteiger partial charge >= 0.3 is 0 Å². The van der Waals surface area contributed by atoms with E-state index in [4.69, 9.17) is 5.11 Å². The van der Waals surface area contributed by atoms with Crippen LogP contribution in [0.5, 0.6) is 0 Å². The number of aliphatic hydroxyl groups excluding tert-OH is 1. The molecule has 0 heterocycles. The van der Waals surface area contributed by atoms with Crippen molar-refractivity contribution in [1.82, 2.24) is 4.90 Å². The molecule has 0 bridgehead atoms. The summed E-state index contributed by atoms with van der Waals surface area (Å²) in [5.41, 5.74) is 0.166. The minimum absolute atomic E-state index is 0.166. The molecule has 0 aliphatic heterocycles. The van der Waals surface area contributed by atoms with E-state index in [1.54, 1.807) is 0 Å². The zero-order valence-corrected chi connectivity index (χ0v) is 10.5. The van der Waals surface area contributed by atoms with E-state index in [-0.39, 0.29) is 12.1 Å². The Morgan fingerprint density at radius 1 is 1.29 bits per heavy atom. The van der Waals surface area contributed by atoms with Crippen LogP contribution in [-0.4, -0.2) is 34.7 Å². The van der Waals surface area contributed by atoms with Gasteiger partial charge in [0, 0.05) is 18.2 Å². The van der Waals surface area contributed by atoms with Crippen molar-refractivity contribution in [2.24, 2.45) is 0 Å². The maximum Gasteiger partial charge on any atom is 0.0448 e. The van der Waals surface area contributed by atoms with Crippen LogP contribution in [-0.2, 0) is 0 Å². The van der Waals surface area contributed by atoms with E-state index in [9.17, 15) is 0 Å². The van der Waals surface area contributed by atoms with Crippen LogP contribution < -0.4 is 0 Å². The Kier molecular flexibility index (Phi) is 6.38. The summed E-state index contributed by atoms with van der Waals surface area (Å²) >= 11 is 0. The molecule has 0 saturated carbocycles. The topological polar surface area (TPSA) is 23.5 Å². The van der Waals surface area contributed by atoms with Gasteiger partial charge < -0.3 is 5.11 Å². The largest absolute Gasteiger partial charge is 0.396 e. The fourth-order valence-corrected chi connectivity index (χ4v) is 2.21. The molecule has 0 spiro atoms. The average molecular weight is 201 g/mol.